The molecule has 5 nitrogen and oxygen atoms in total. The van der Waals surface area contributed by atoms with E-state index in [-0.39, 0.29) is 17.5 Å². The molecule has 1 aliphatic rings. The van der Waals surface area contributed by atoms with Crippen LogP contribution in [0.3, 0.4) is 0 Å². The fourth-order valence-corrected chi connectivity index (χ4v) is 2.04. The van der Waals surface area contributed by atoms with E-state index in [1.807, 2.05) is 0 Å². The first kappa shape index (κ1) is 14.8. The molecule has 1 aromatic carbocycles. The van der Waals surface area contributed by atoms with Gasteiger partial charge in [-0.25, -0.2) is 0 Å². The average molecular weight is 288 g/mol. The molecule has 0 saturated carbocycles. The lowest BCUT2D eigenvalue weighted by Gasteiger charge is -2.19. The third-order valence-corrected chi connectivity index (χ3v) is 2.90. The normalized spacial score (nSPS) is 17.0. The molecule has 1 atom stereocenters. The van der Waals surface area contributed by atoms with Crippen molar-refractivity contribution in [3.05, 3.63) is 18.2 Å². The minimum absolute atomic E-state index is 0.0231. The van der Waals surface area contributed by atoms with Gasteiger partial charge in [0.25, 0.3) is 0 Å². The number of ether oxygens (including phenoxy) is 3. The van der Waals surface area contributed by atoms with Gasteiger partial charge in [-0.3, -0.25) is 0 Å². The number of hydrogen-bond acceptors (Lipinski definition) is 5. The number of nitrogens with two attached hydrogens (primary N) is 1. The summed E-state index contributed by atoms with van der Waals surface area (Å²) in [6, 6.07) is 4.66. The summed E-state index contributed by atoms with van der Waals surface area (Å²) in [6.07, 6.45) is -1.91. The number of anilines is 1. The maximum atomic E-state index is 12.9. The summed E-state index contributed by atoms with van der Waals surface area (Å²) in [5.41, 5.74) is 6.15. The highest BCUT2D eigenvalue weighted by molar-refractivity contribution is 5.56. The van der Waals surface area contributed by atoms with E-state index in [0.29, 0.717) is 18.8 Å². The third kappa shape index (κ3) is 3.71. The highest BCUT2D eigenvalue weighted by Crippen LogP contribution is 2.42. The minimum atomic E-state index is -3.59. The Labute approximate surface area is 116 Å². The summed E-state index contributed by atoms with van der Waals surface area (Å²) >= 11 is 0. The maximum Gasteiger partial charge on any atom is 0.586 e. The van der Waals surface area contributed by atoms with Crippen LogP contribution in [-0.2, 0) is 4.74 Å². The molecule has 1 heterocycles. The van der Waals surface area contributed by atoms with E-state index in [1.54, 1.807) is 13.2 Å². The van der Waals surface area contributed by atoms with Gasteiger partial charge < -0.3 is 25.3 Å². The molecule has 112 valence electrons. The van der Waals surface area contributed by atoms with Crippen molar-refractivity contribution in [2.24, 2.45) is 5.73 Å². The Hall–Kier alpha value is -1.60. The molecular formula is C13H18F2N2O3. The van der Waals surface area contributed by atoms with E-state index in [9.17, 15) is 8.78 Å². The first-order chi connectivity index (χ1) is 9.54. The van der Waals surface area contributed by atoms with Crippen molar-refractivity contribution < 1.29 is 23.0 Å². The summed E-state index contributed by atoms with van der Waals surface area (Å²) in [4.78, 5) is 0. The number of methoxy groups -OCH3 is 1. The second-order valence-electron chi connectivity index (χ2n) is 4.56. The van der Waals surface area contributed by atoms with Crippen LogP contribution in [0.5, 0.6) is 11.5 Å². The number of fused-ring (bicyclic) bond motifs is 1. The molecule has 0 aromatic heterocycles. The maximum absolute atomic E-state index is 12.9. The van der Waals surface area contributed by atoms with Gasteiger partial charge in [-0.2, -0.15) is 0 Å². The van der Waals surface area contributed by atoms with Crippen LogP contribution < -0.4 is 20.5 Å². The SMILES string of the molecule is COCC(CCCN)Nc1ccc2c(c1)OC(F)(F)O2. The minimum Gasteiger partial charge on any atom is -0.395 e. The molecular weight excluding hydrogens is 270 g/mol. The fraction of sp³-hybridized carbons (Fsp3) is 0.538. The molecule has 0 aliphatic carbocycles. The number of halogens is 2. The Morgan fingerprint density at radius 2 is 2.10 bits per heavy atom. The van der Waals surface area contributed by atoms with Crippen molar-refractivity contribution >= 4 is 5.69 Å². The Kier molecular flexibility index (Phi) is 4.61. The molecule has 20 heavy (non-hydrogen) atoms. The lowest BCUT2D eigenvalue weighted by molar-refractivity contribution is -0.286. The zero-order chi connectivity index (χ0) is 14.6. The Morgan fingerprint density at radius 3 is 2.80 bits per heavy atom. The first-order valence-corrected chi connectivity index (χ1v) is 6.39. The molecule has 1 aromatic rings. The van der Waals surface area contributed by atoms with Gasteiger partial charge in [-0.15, -0.1) is 8.78 Å². The van der Waals surface area contributed by atoms with Crippen LogP contribution in [0, 0.1) is 0 Å². The van der Waals surface area contributed by atoms with Crippen molar-refractivity contribution in [1.82, 2.24) is 0 Å². The van der Waals surface area contributed by atoms with E-state index < -0.39 is 6.29 Å². The average Bonchev–Trinajstić information content (AvgIpc) is 2.69. The molecule has 0 spiro atoms. The second-order valence-corrected chi connectivity index (χ2v) is 4.56. The van der Waals surface area contributed by atoms with Gasteiger partial charge in [0.15, 0.2) is 11.5 Å². The van der Waals surface area contributed by atoms with Crippen LogP contribution in [0.15, 0.2) is 18.2 Å². The van der Waals surface area contributed by atoms with Gasteiger partial charge in [-0.05, 0) is 31.5 Å². The predicted octanol–water partition coefficient (Wildman–Crippen LogP) is 2.17. The van der Waals surface area contributed by atoms with Crippen molar-refractivity contribution in [3.63, 3.8) is 0 Å². The van der Waals surface area contributed by atoms with E-state index in [4.69, 9.17) is 10.5 Å². The van der Waals surface area contributed by atoms with Gasteiger partial charge in [0, 0.05) is 24.9 Å². The number of nitrogens with one attached hydrogen (secondary N) is 1. The van der Waals surface area contributed by atoms with Crippen molar-refractivity contribution in [2.45, 2.75) is 25.2 Å². The van der Waals surface area contributed by atoms with Crippen LogP contribution in [0.4, 0.5) is 14.5 Å². The van der Waals surface area contributed by atoms with Crippen LogP contribution >= 0.6 is 0 Å². The third-order valence-electron chi connectivity index (χ3n) is 2.90. The summed E-state index contributed by atoms with van der Waals surface area (Å²) in [5, 5.41) is 3.21. The van der Waals surface area contributed by atoms with Crippen molar-refractivity contribution in [3.8, 4) is 11.5 Å². The molecule has 2 rings (SSSR count). The standard InChI is InChI=1S/C13H18F2N2O3/c1-18-8-10(3-2-6-16)17-9-4-5-11-12(7-9)20-13(14,15)19-11/h4-5,7,10,17H,2-3,6,8,16H2,1H3. The summed E-state index contributed by atoms with van der Waals surface area (Å²) < 4.78 is 39.7. The molecule has 0 bridgehead atoms. The van der Waals surface area contributed by atoms with Gasteiger partial charge in [0.2, 0.25) is 0 Å². The van der Waals surface area contributed by atoms with Gasteiger partial charge in [-0.1, -0.05) is 0 Å². The molecule has 1 unspecified atom stereocenters. The zero-order valence-electron chi connectivity index (χ0n) is 11.2. The quantitative estimate of drug-likeness (QED) is 0.805. The summed E-state index contributed by atoms with van der Waals surface area (Å²) in [6.45, 7) is 1.10. The smallest absolute Gasteiger partial charge is 0.395 e. The molecule has 0 fully saturated rings. The monoisotopic (exact) mass is 288 g/mol. The fourth-order valence-electron chi connectivity index (χ4n) is 2.04. The van der Waals surface area contributed by atoms with E-state index in [2.05, 4.69) is 14.8 Å². The molecule has 0 saturated heterocycles. The molecule has 1 aliphatic heterocycles. The number of hydrogen-bond donors (Lipinski definition) is 2. The van der Waals surface area contributed by atoms with Crippen molar-refractivity contribution in [2.75, 3.05) is 25.6 Å². The first-order valence-electron chi connectivity index (χ1n) is 6.39. The Morgan fingerprint density at radius 1 is 1.35 bits per heavy atom. The molecule has 0 radical (unpaired) electrons. The second kappa shape index (κ2) is 6.23. The van der Waals surface area contributed by atoms with Gasteiger partial charge in [0.1, 0.15) is 0 Å². The highest BCUT2D eigenvalue weighted by atomic mass is 19.3. The van der Waals surface area contributed by atoms with Gasteiger partial charge >= 0.3 is 6.29 Å². The van der Waals surface area contributed by atoms with Crippen LogP contribution in [0.25, 0.3) is 0 Å². The van der Waals surface area contributed by atoms with E-state index >= 15 is 0 Å². The molecule has 7 heteroatoms. The summed E-state index contributed by atoms with van der Waals surface area (Å²) in [7, 11) is 1.61. The van der Waals surface area contributed by atoms with Crippen LogP contribution in [-0.4, -0.2) is 32.6 Å². The molecule has 3 N–H and O–H groups in total. The lowest BCUT2D eigenvalue weighted by atomic mass is 10.1. The topological polar surface area (TPSA) is 65.7 Å². The predicted molar refractivity (Wildman–Crippen MR) is 70.2 cm³/mol. The van der Waals surface area contributed by atoms with E-state index in [0.717, 1.165) is 12.8 Å². The number of benzene rings is 1. The van der Waals surface area contributed by atoms with Crippen LogP contribution in [0.2, 0.25) is 0 Å². The Balaban J connectivity index is 2.03. The Bertz CT molecular complexity index is 457. The van der Waals surface area contributed by atoms with Crippen LogP contribution in [0.1, 0.15) is 12.8 Å². The van der Waals surface area contributed by atoms with E-state index in [1.165, 1.54) is 12.1 Å². The molecule has 0 amide bonds. The highest BCUT2D eigenvalue weighted by Gasteiger charge is 2.43. The largest absolute Gasteiger partial charge is 0.586 e. The van der Waals surface area contributed by atoms with Gasteiger partial charge in [0.05, 0.1) is 6.61 Å². The lowest BCUT2D eigenvalue weighted by Crippen LogP contribution is -2.26. The summed E-state index contributed by atoms with van der Waals surface area (Å²) in [5.74, 6) is 0.0563. The number of rotatable bonds is 7. The number of alkyl halides is 2. The zero-order valence-corrected chi connectivity index (χ0v) is 11.2. The van der Waals surface area contributed by atoms with Crippen molar-refractivity contribution in [1.29, 1.82) is 0 Å².